The van der Waals surface area contributed by atoms with Crippen LogP contribution in [0.4, 0.5) is 19.3 Å². The van der Waals surface area contributed by atoms with Crippen molar-refractivity contribution in [2.45, 2.75) is 44.1 Å². The van der Waals surface area contributed by atoms with Crippen LogP contribution in [0.1, 0.15) is 32.8 Å². The molecule has 0 saturated heterocycles. The van der Waals surface area contributed by atoms with Gasteiger partial charge >= 0.3 is 12.1 Å². The van der Waals surface area contributed by atoms with Crippen LogP contribution in [0.15, 0.2) is 24.3 Å². The summed E-state index contributed by atoms with van der Waals surface area (Å²) in [5.41, 5.74) is -2.75. The summed E-state index contributed by atoms with van der Waals surface area (Å²) in [7, 11) is 0. The van der Waals surface area contributed by atoms with Gasteiger partial charge in [0.1, 0.15) is 5.60 Å². The largest absolute Gasteiger partial charge is 0.480 e. The second-order valence-corrected chi connectivity index (χ2v) is 6.30. The third-order valence-electron chi connectivity index (χ3n) is 3.35. The molecule has 2 rings (SSSR count). The molecule has 7 heteroatoms. The zero-order chi connectivity index (χ0) is 16.8. The van der Waals surface area contributed by atoms with Crippen molar-refractivity contribution in [1.29, 1.82) is 0 Å². The van der Waals surface area contributed by atoms with Crippen LogP contribution in [0, 0.1) is 0 Å². The normalized spacial score (nSPS) is 22.8. The number of anilines is 1. The number of nitrogens with one attached hydrogen (secondary N) is 1. The van der Waals surface area contributed by atoms with Crippen LogP contribution >= 0.6 is 0 Å². The fourth-order valence-electron chi connectivity index (χ4n) is 2.24. The van der Waals surface area contributed by atoms with Crippen molar-refractivity contribution in [2.24, 2.45) is 0 Å². The quantitative estimate of drug-likeness (QED) is 0.897. The minimum Gasteiger partial charge on any atom is -0.480 e. The van der Waals surface area contributed by atoms with Gasteiger partial charge in [-0.05, 0) is 38.5 Å². The molecule has 0 bridgehead atoms. The highest BCUT2D eigenvalue weighted by atomic mass is 19.3. The molecule has 0 spiro atoms. The summed E-state index contributed by atoms with van der Waals surface area (Å²) in [6.07, 6.45) is -1.48. The number of benzene rings is 1. The zero-order valence-corrected chi connectivity index (χ0v) is 12.4. The summed E-state index contributed by atoms with van der Waals surface area (Å²) in [5, 5.41) is 11.5. The molecule has 1 atom stereocenters. The van der Waals surface area contributed by atoms with Gasteiger partial charge < -0.3 is 9.84 Å². The summed E-state index contributed by atoms with van der Waals surface area (Å²) in [6.45, 7) is 5.06. The number of amides is 1. The van der Waals surface area contributed by atoms with E-state index in [0.29, 0.717) is 0 Å². The maximum atomic E-state index is 13.5. The summed E-state index contributed by atoms with van der Waals surface area (Å²) in [4.78, 5) is 22.9. The van der Waals surface area contributed by atoms with Crippen LogP contribution in [0.25, 0.3) is 0 Å². The van der Waals surface area contributed by atoms with E-state index in [4.69, 9.17) is 9.84 Å². The minimum atomic E-state index is -3.29. The Morgan fingerprint density at radius 2 is 1.91 bits per heavy atom. The molecule has 0 aromatic heterocycles. The molecule has 0 aliphatic heterocycles. The van der Waals surface area contributed by atoms with E-state index < -0.39 is 35.4 Å². The van der Waals surface area contributed by atoms with Crippen LogP contribution in [-0.4, -0.2) is 28.7 Å². The standard InChI is InChI=1S/C15H17F2NO4/c1-13(2,3)22-12(21)18-10-6-4-5-9(7-10)14(11(19)20)8-15(14,16)17/h4-7H,8H2,1-3H3,(H,18,21)(H,19,20). The highest BCUT2D eigenvalue weighted by Crippen LogP contribution is 2.61. The van der Waals surface area contributed by atoms with E-state index in [1.54, 1.807) is 20.8 Å². The van der Waals surface area contributed by atoms with Gasteiger partial charge in [-0.25, -0.2) is 13.6 Å². The van der Waals surface area contributed by atoms with E-state index >= 15 is 0 Å². The van der Waals surface area contributed by atoms with Crippen molar-refractivity contribution in [3.8, 4) is 0 Å². The van der Waals surface area contributed by atoms with Gasteiger partial charge in [-0.1, -0.05) is 12.1 Å². The van der Waals surface area contributed by atoms with Gasteiger partial charge in [0, 0.05) is 12.1 Å². The molecule has 1 aliphatic carbocycles. The SMILES string of the molecule is CC(C)(C)OC(=O)Nc1cccc(C2(C(=O)O)CC2(F)F)c1. The molecule has 0 heterocycles. The van der Waals surface area contributed by atoms with Gasteiger partial charge in [-0.3, -0.25) is 10.1 Å². The van der Waals surface area contributed by atoms with E-state index in [-0.39, 0.29) is 11.3 Å². The first-order chi connectivity index (χ1) is 9.98. The van der Waals surface area contributed by atoms with Crippen molar-refractivity contribution >= 4 is 17.7 Å². The van der Waals surface area contributed by atoms with Gasteiger partial charge in [-0.2, -0.15) is 0 Å². The Labute approximate surface area is 126 Å². The molecule has 0 radical (unpaired) electrons. The first-order valence-corrected chi connectivity index (χ1v) is 6.70. The second-order valence-electron chi connectivity index (χ2n) is 6.30. The number of carboxylic acids is 1. The average Bonchev–Trinajstić information content (AvgIpc) is 2.92. The minimum absolute atomic E-state index is 0.0430. The first-order valence-electron chi connectivity index (χ1n) is 6.70. The van der Waals surface area contributed by atoms with Gasteiger partial charge in [0.05, 0.1) is 0 Å². The zero-order valence-electron chi connectivity index (χ0n) is 12.4. The summed E-state index contributed by atoms with van der Waals surface area (Å²) >= 11 is 0. The molecule has 120 valence electrons. The number of carbonyl (C=O) groups is 2. The number of carboxylic acid groups (broad SMARTS) is 1. The highest BCUT2D eigenvalue weighted by Gasteiger charge is 2.77. The monoisotopic (exact) mass is 313 g/mol. The Hall–Kier alpha value is -2.18. The lowest BCUT2D eigenvalue weighted by molar-refractivity contribution is -0.142. The summed E-state index contributed by atoms with van der Waals surface area (Å²) < 4.78 is 32.1. The van der Waals surface area contributed by atoms with Gasteiger partial charge in [0.25, 0.3) is 5.92 Å². The Morgan fingerprint density at radius 1 is 1.32 bits per heavy atom. The van der Waals surface area contributed by atoms with Crippen molar-refractivity contribution in [3.63, 3.8) is 0 Å². The number of ether oxygens (including phenoxy) is 1. The molecule has 1 aromatic rings. The number of rotatable bonds is 3. The Morgan fingerprint density at radius 3 is 2.36 bits per heavy atom. The smallest absolute Gasteiger partial charge is 0.412 e. The van der Waals surface area contributed by atoms with Crippen molar-refractivity contribution in [2.75, 3.05) is 5.32 Å². The molecule has 1 unspecified atom stereocenters. The van der Waals surface area contributed by atoms with Crippen molar-refractivity contribution in [1.82, 2.24) is 0 Å². The van der Waals surface area contributed by atoms with Gasteiger partial charge in [0.15, 0.2) is 5.41 Å². The Kier molecular flexibility index (Phi) is 3.63. The van der Waals surface area contributed by atoms with Crippen LogP contribution in [-0.2, 0) is 14.9 Å². The predicted molar refractivity (Wildman–Crippen MR) is 75.2 cm³/mol. The van der Waals surface area contributed by atoms with Crippen LogP contribution in [0.5, 0.6) is 0 Å². The Bertz CT molecular complexity index is 624. The molecule has 1 aliphatic rings. The van der Waals surface area contributed by atoms with E-state index in [1.165, 1.54) is 24.3 Å². The van der Waals surface area contributed by atoms with E-state index in [2.05, 4.69) is 5.32 Å². The number of halogens is 2. The highest BCUT2D eigenvalue weighted by molar-refractivity contribution is 5.89. The molecule has 2 N–H and O–H groups in total. The van der Waals surface area contributed by atoms with E-state index in [1.807, 2.05) is 0 Å². The molecule has 1 fully saturated rings. The number of aliphatic carboxylic acids is 1. The summed E-state index contributed by atoms with van der Waals surface area (Å²) in [6, 6.07) is 5.44. The summed E-state index contributed by atoms with van der Waals surface area (Å²) in [5.74, 6) is -4.87. The maximum absolute atomic E-state index is 13.5. The first kappa shape index (κ1) is 16.2. The van der Waals surface area contributed by atoms with E-state index in [9.17, 15) is 18.4 Å². The Balaban J connectivity index is 2.22. The third-order valence-corrected chi connectivity index (χ3v) is 3.35. The number of carbonyl (C=O) groups excluding carboxylic acids is 1. The molecule has 1 saturated carbocycles. The predicted octanol–water partition coefficient (Wildman–Crippen LogP) is 3.40. The lowest BCUT2D eigenvalue weighted by Gasteiger charge is -2.20. The maximum Gasteiger partial charge on any atom is 0.412 e. The molecule has 22 heavy (non-hydrogen) atoms. The third kappa shape index (κ3) is 2.88. The number of alkyl halides is 2. The lowest BCUT2D eigenvalue weighted by atomic mass is 9.95. The molecule has 1 aromatic carbocycles. The molecule has 5 nitrogen and oxygen atoms in total. The number of hydrogen-bond acceptors (Lipinski definition) is 3. The fraction of sp³-hybridized carbons (Fsp3) is 0.467. The molecule has 1 amide bonds. The molecular weight excluding hydrogens is 296 g/mol. The average molecular weight is 313 g/mol. The lowest BCUT2D eigenvalue weighted by Crippen LogP contribution is -2.28. The second kappa shape index (κ2) is 4.93. The van der Waals surface area contributed by atoms with E-state index in [0.717, 1.165) is 0 Å². The van der Waals surface area contributed by atoms with Gasteiger partial charge in [-0.15, -0.1) is 0 Å². The van der Waals surface area contributed by atoms with Crippen LogP contribution < -0.4 is 5.32 Å². The van der Waals surface area contributed by atoms with Crippen molar-refractivity contribution < 1.29 is 28.2 Å². The fourth-order valence-corrected chi connectivity index (χ4v) is 2.24. The molecular formula is C15H17F2NO4. The van der Waals surface area contributed by atoms with Gasteiger partial charge in [0.2, 0.25) is 0 Å². The van der Waals surface area contributed by atoms with Crippen LogP contribution in [0.2, 0.25) is 0 Å². The number of hydrogen-bond donors (Lipinski definition) is 2. The van der Waals surface area contributed by atoms with Crippen molar-refractivity contribution in [3.05, 3.63) is 29.8 Å². The van der Waals surface area contributed by atoms with Crippen LogP contribution in [0.3, 0.4) is 0 Å². The topological polar surface area (TPSA) is 75.6 Å².